The van der Waals surface area contributed by atoms with Crippen LogP contribution in [0.25, 0.3) is 34.4 Å². The van der Waals surface area contributed by atoms with E-state index in [9.17, 15) is 0 Å². The number of halogens is 5. The number of alkyl halides is 3. The van der Waals surface area contributed by atoms with Crippen LogP contribution in [0.3, 0.4) is 0 Å². The van der Waals surface area contributed by atoms with E-state index in [2.05, 4.69) is 124 Å². The van der Waals surface area contributed by atoms with Gasteiger partial charge < -0.3 is 0 Å². The minimum absolute atomic E-state index is 0. The fourth-order valence-electron chi connectivity index (χ4n) is 18.3. The Bertz CT molecular complexity index is 2480. The van der Waals surface area contributed by atoms with Crippen LogP contribution in [-0.4, -0.2) is 13.1 Å². The molecule has 14 rings (SSSR count). The van der Waals surface area contributed by atoms with E-state index in [1.54, 1.807) is 0 Å². The average molecular weight is 1040 g/mol. The molecular formula is C60H73Cl2F3SiZr. The van der Waals surface area contributed by atoms with E-state index >= 15 is 13.2 Å². The van der Waals surface area contributed by atoms with E-state index in [1.165, 1.54) is 142 Å². The number of aryl methyl sites for hydroxylation is 4. The van der Waals surface area contributed by atoms with Gasteiger partial charge in [0.15, 0.2) is 0 Å². The van der Waals surface area contributed by atoms with E-state index < -0.39 is 30.0 Å². The molecule has 0 heterocycles. The molecule has 0 aromatic heterocycles. The van der Waals surface area contributed by atoms with Crippen molar-refractivity contribution in [1.82, 2.24) is 0 Å². The van der Waals surface area contributed by atoms with Gasteiger partial charge in [-0.1, -0.05) is 0 Å². The summed E-state index contributed by atoms with van der Waals surface area (Å²) in [7, 11) is 0. The monoisotopic (exact) mass is 1040 g/mol. The van der Waals surface area contributed by atoms with E-state index in [-0.39, 0.29) is 32.1 Å². The maximum Gasteiger partial charge on any atom is -0.147 e. The summed E-state index contributed by atoms with van der Waals surface area (Å²) in [5.74, 6) is 7.93. The third kappa shape index (κ3) is 8.46. The van der Waals surface area contributed by atoms with Crippen molar-refractivity contribution in [3.8, 4) is 22.3 Å². The van der Waals surface area contributed by atoms with Crippen molar-refractivity contribution in [2.24, 2.45) is 59.2 Å². The second-order valence-electron chi connectivity index (χ2n) is 24.9. The van der Waals surface area contributed by atoms with Crippen molar-refractivity contribution in [2.75, 3.05) is 0 Å². The molecule has 2 unspecified atom stereocenters. The molecule has 4 aromatic carbocycles. The molecule has 0 radical (unpaired) electrons. The summed E-state index contributed by atoms with van der Waals surface area (Å²) in [5.41, 5.74) is 18.5. The number of fused-ring (bicyclic) bond motifs is 2. The first-order chi connectivity index (χ1) is 31.0. The molecule has 0 amide bonds. The van der Waals surface area contributed by atoms with Crippen molar-refractivity contribution in [3.63, 3.8) is 0 Å². The topological polar surface area (TPSA) is 0 Å². The maximum absolute atomic E-state index is 15.4. The first-order valence-corrected chi connectivity index (χ1v) is 38.9. The van der Waals surface area contributed by atoms with Crippen LogP contribution in [0.1, 0.15) is 135 Å². The summed E-state index contributed by atoms with van der Waals surface area (Å²) in [6, 6.07) is 27.8. The first kappa shape index (κ1) is 48.5. The van der Waals surface area contributed by atoms with Crippen LogP contribution in [0.2, 0.25) is 8.76 Å². The predicted molar refractivity (Wildman–Crippen MR) is 279 cm³/mol. The van der Waals surface area contributed by atoms with Gasteiger partial charge in [0.1, 0.15) is 0 Å². The number of allylic oxidation sites excluding steroid dienone is 2. The second-order valence-corrected chi connectivity index (χ2v) is 53.3. The normalized spacial score (nSPS) is 32.1. The number of hydrogen-bond acceptors (Lipinski definition) is 0. The molecule has 356 valence electrons. The molecule has 4 aromatic rings. The fourth-order valence-corrected chi connectivity index (χ4v) is 42.0. The first-order valence-electron chi connectivity index (χ1n) is 26.0. The van der Waals surface area contributed by atoms with Gasteiger partial charge in [-0.3, -0.25) is 0 Å². The molecule has 67 heavy (non-hydrogen) atoms. The molecule has 8 bridgehead atoms. The van der Waals surface area contributed by atoms with Gasteiger partial charge in [0.2, 0.25) is 0 Å². The molecule has 0 nitrogen and oxygen atoms in total. The Morgan fingerprint density at radius 1 is 0.522 bits per heavy atom. The Morgan fingerprint density at radius 3 is 1.19 bits per heavy atom. The van der Waals surface area contributed by atoms with E-state index in [4.69, 9.17) is 0 Å². The summed E-state index contributed by atoms with van der Waals surface area (Å²) >= 11 is -4.94. The van der Waals surface area contributed by atoms with Crippen molar-refractivity contribution >= 4 is 43.8 Å². The van der Waals surface area contributed by atoms with Crippen molar-refractivity contribution < 1.29 is 30.6 Å². The van der Waals surface area contributed by atoms with Gasteiger partial charge in [0.25, 0.3) is 0 Å². The molecule has 8 saturated carbocycles. The Balaban J connectivity index is 0.00000263. The van der Waals surface area contributed by atoms with Crippen LogP contribution < -0.4 is 0 Å². The minimum Gasteiger partial charge on any atom is -0.147 e. The molecule has 2 atom stereocenters. The number of rotatable bonds is 10. The second kappa shape index (κ2) is 17.5. The zero-order chi connectivity index (χ0) is 44.8. The Kier molecular flexibility index (Phi) is 12.7. The maximum atomic E-state index is 15.4. The number of benzene rings is 4. The molecule has 0 aliphatic heterocycles. The van der Waals surface area contributed by atoms with Crippen molar-refractivity contribution in [3.05, 3.63) is 128 Å². The third-order valence-corrected chi connectivity index (χ3v) is 42.9. The SMILES string of the molecule is Cc1cc(C)cc(-c2cccc3c2C=C(CC2C4CC5CC(C4)CC2C5)[CH]3[Zr]([CH3])(=[SiH2])([CH2]CC(F)(F)F)[CH]2C(CC3C4CC5CC(C4)CC3C5)=Cc3c(-c4cc(C)cc(C)c4)cccc32)c1.Cl.Cl. The molecular weight excluding hydrogens is 968 g/mol. The van der Waals surface area contributed by atoms with Gasteiger partial charge in [0, 0.05) is 0 Å². The van der Waals surface area contributed by atoms with Crippen LogP contribution in [0.5, 0.6) is 0 Å². The summed E-state index contributed by atoms with van der Waals surface area (Å²) < 4.78 is 49.2. The zero-order valence-corrected chi connectivity index (χ0v) is 46.1. The van der Waals surface area contributed by atoms with Crippen LogP contribution in [0.4, 0.5) is 13.2 Å². The standard InChI is InChI=1S/2C28H31.C3H4F3.CH3.2ClH.H2Si.Zr/c2*1-17-6-18(2)8-23(7-17)26-5-3-4-22-10-21(16-28(22)26)15-27-24-11-19-9-20(13-24)14-25(27)12-19;1-2-3(4,5)6;;;;;/h2*3-8,10,16,19-20,24-25,27H,9,11-15H2,1-2H3;1-2H2;1H3;2*1H;1H2;. The van der Waals surface area contributed by atoms with Gasteiger partial charge in [-0.25, -0.2) is 0 Å². The third-order valence-electron chi connectivity index (χ3n) is 20.0. The smallest absolute Gasteiger partial charge is 0.147 e. The minimum atomic E-state index is -4.94. The van der Waals surface area contributed by atoms with Crippen LogP contribution in [0, 0.1) is 86.9 Å². The molecule has 10 aliphatic rings. The van der Waals surface area contributed by atoms with E-state index in [0.717, 1.165) is 60.2 Å². The summed E-state index contributed by atoms with van der Waals surface area (Å²) in [6.45, 7) is 11.0. The largest absolute Gasteiger partial charge is 0.147 e. The van der Waals surface area contributed by atoms with Gasteiger partial charge in [-0.2, -0.15) is 0 Å². The van der Waals surface area contributed by atoms with Gasteiger partial charge in [-0.05, 0) is 0 Å². The van der Waals surface area contributed by atoms with Gasteiger partial charge in [0.05, 0.1) is 0 Å². The van der Waals surface area contributed by atoms with Gasteiger partial charge >= 0.3 is 393 Å². The molecule has 0 saturated heterocycles. The summed E-state index contributed by atoms with van der Waals surface area (Å²) in [4.78, 5) is 0. The van der Waals surface area contributed by atoms with Crippen molar-refractivity contribution in [2.45, 2.75) is 133 Å². The summed E-state index contributed by atoms with van der Waals surface area (Å²) in [6.07, 6.45) is 16.3. The van der Waals surface area contributed by atoms with Crippen LogP contribution >= 0.6 is 24.8 Å². The van der Waals surface area contributed by atoms with Crippen molar-refractivity contribution in [1.29, 1.82) is 0 Å². The van der Waals surface area contributed by atoms with Crippen LogP contribution in [-0.2, 0) is 17.4 Å². The van der Waals surface area contributed by atoms with Gasteiger partial charge in [-0.15, -0.1) is 24.8 Å². The fraction of sp³-hybridized carbons (Fsp3) is 0.533. The van der Waals surface area contributed by atoms with E-state index in [0.29, 0.717) is 16.0 Å². The van der Waals surface area contributed by atoms with E-state index in [1.807, 2.05) is 0 Å². The Hall–Kier alpha value is -2.17. The van der Waals surface area contributed by atoms with Crippen LogP contribution in [0.15, 0.2) is 83.9 Å². The number of hydrogen-bond donors (Lipinski definition) is 0. The molecule has 10 aliphatic carbocycles. The molecule has 0 spiro atoms. The molecule has 8 fully saturated rings. The Morgan fingerprint density at radius 2 is 0.866 bits per heavy atom. The zero-order valence-electron chi connectivity index (χ0n) is 40.6. The summed E-state index contributed by atoms with van der Waals surface area (Å²) in [5, 5.41) is 0. The molecule has 7 heteroatoms. The average Bonchev–Trinajstić information content (AvgIpc) is 3.81. The molecule has 0 N–H and O–H groups in total. The predicted octanol–water partition coefficient (Wildman–Crippen LogP) is 17.3. The quantitative estimate of drug-likeness (QED) is 0.139. The Labute approximate surface area is 414 Å².